The second kappa shape index (κ2) is 15.8. The maximum Gasteiger partial charge on any atom is 0.275 e. The summed E-state index contributed by atoms with van der Waals surface area (Å²) >= 11 is 0. The van der Waals surface area contributed by atoms with Crippen molar-refractivity contribution in [2.24, 2.45) is 0 Å². The Morgan fingerprint density at radius 1 is 0.818 bits per heavy atom. The molecule has 0 N–H and O–H groups in total. The fraction of sp³-hybridized carbons (Fsp3) is 0.476. The summed E-state index contributed by atoms with van der Waals surface area (Å²) < 4.78 is 17.9. The molecule has 0 aliphatic carbocycles. The van der Waals surface area contributed by atoms with Gasteiger partial charge in [-0.25, -0.2) is 4.68 Å². The molecule has 0 bridgehead atoms. The van der Waals surface area contributed by atoms with Crippen LogP contribution in [0.2, 0.25) is 51.4 Å². The van der Waals surface area contributed by atoms with Crippen LogP contribution in [0, 0.1) is 6.92 Å². The number of likely N-dealkylation sites (N-methyl/N-ethyl adjacent to an activating group) is 1. The van der Waals surface area contributed by atoms with Gasteiger partial charge in [0.1, 0.15) is 19.2 Å². The fourth-order valence-corrected chi connectivity index (χ4v) is 9.14. The third-order valence-corrected chi connectivity index (χ3v) is 14.3. The van der Waals surface area contributed by atoms with Crippen LogP contribution in [0.25, 0.3) is 22.2 Å². The van der Waals surface area contributed by atoms with Crippen molar-refractivity contribution < 1.29 is 14.3 Å². The summed E-state index contributed by atoms with van der Waals surface area (Å²) in [5.41, 5.74) is 8.57. The summed E-state index contributed by atoms with van der Waals surface area (Å²) in [5, 5.41) is 10.9. The minimum absolute atomic E-state index is 0.0321. The number of fused-ring (bicyclic) bond motifs is 4. The van der Waals surface area contributed by atoms with E-state index in [-0.39, 0.29) is 18.2 Å². The van der Waals surface area contributed by atoms with Gasteiger partial charge in [0.05, 0.1) is 29.1 Å². The zero-order valence-corrected chi connectivity index (χ0v) is 35.9. The molecular weight excluding hydrogens is 723 g/mol. The summed E-state index contributed by atoms with van der Waals surface area (Å²) in [4.78, 5) is 32.8. The van der Waals surface area contributed by atoms with E-state index >= 15 is 0 Å². The third kappa shape index (κ3) is 8.65. The van der Waals surface area contributed by atoms with Crippen LogP contribution in [0.4, 0.5) is 5.69 Å². The molecule has 13 heteroatoms. The molecule has 0 atom stereocenters. The first kappa shape index (κ1) is 39.1. The van der Waals surface area contributed by atoms with Gasteiger partial charge in [0.25, 0.3) is 11.5 Å². The molecule has 0 fully saturated rings. The number of anilines is 1. The van der Waals surface area contributed by atoms with E-state index in [1.165, 1.54) is 4.68 Å². The Balaban J connectivity index is 1.22. The molecule has 0 saturated heterocycles. The predicted molar refractivity (Wildman–Crippen MR) is 226 cm³/mol. The molecule has 11 nitrogen and oxygen atoms in total. The van der Waals surface area contributed by atoms with Crippen LogP contribution >= 0.6 is 0 Å². The molecule has 0 saturated carbocycles. The zero-order valence-electron chi connectivity index (χ0n) is 33.9. The van der Waals surface area contributed by atoms with Crippen LogP contribution in [-0.4, -0.2) is 84.4 Å². The Morgan fingerprint density at radius 3 is 2.29 bits per heavy atom. The Bertz CT molecular complexity index is 2260. The molecule has 0 unspecified atom stereocenters. The number of carbonyl (C=O) groups excluding carboxylic acids is 1. The maximum atomic E-state index is 14.6. The van der Waals surface area contributed by atoms with E-state index in [0.717, 1.165) is 82.8 Å². The second-order valence-corrected chi connectivity index (χ2v) is 29.0. The van der Waals surface area contributed by atoms with E-state index < -0.39 is 16.1 Å². The van der Waals surface area contributed by atoms with Crippen molar-refractivity contribution in [3.05, 3.63) is 98.7 Å². The van der Waals surface area contributed by atoms with Gasteiger partial charge in [-0.3, -0.25) is 19.2 Å². The first-order valence-corrected chi connectivity index (χ1v) is 27.1. The predicted octanol–water partition coefficient (Wildman–Crippen LogP) is 7.23. The van der Waals surface area contributed by atoms with E-state index in [1.54, 1.807) is 0 Å². The number of hydrogen-bond donors (Lipinski definition) is 0. The molecule has 2 aliphatic heterocycles. The van der Waals surface area contributed by atoms with Gasteiger partial charge < -0.3 is 18.9 Å². The van der Waals surface area contributed by atoms with Gasteiger partial charge in [0.2, 0.25) is 0 Å². The lowest BCUT2D eigenvalue weighted by molar-refractivity contribution is 0.0750. The first-order chi connectivity index (χ1) is 26.2. The number of para-hydroxylation sites is 1. The molecule has 292 valence electrons. The van der Waals surface area contributed by atoms with Crippen molar-refractivity contribution in [2.45, 2.75) is 97.7 Å². The maximum absolute atomic E-state index is 14.6. The monoisotopic (exact) mass is 779 g/mol. The number of aromatic nitrogens is 5. The molecule has 0 spiro atoms. The highest BCUT2D eigenvalue weighted by atomic mass is 28.3. The van der Waals surface area contributed by atoms with Crippen molar-refractivity contribution in [1.29, 1.82) is 0 Å². The lowest BCUT2D eigenvalue weighted by atomic mass is 9.98. The van der Waals surface area contributed by atoms with Gasteiger partial charge in [0.15, 0.2) is 0 Å². The van der Waals surface area contributed by atoms with Gasteiger partial charge in [-0.05, 0) is 67.9 Å². The minimum Gasteiger partial charge on any atom is -0.361 e. The molecule has 0 radical (unpaired) electrons. The number of carbonyl (C=O) groups is 1. The molecule has 5 aromatic rings. The molecule has 2 aromatic carbocycles. The Kier molecular flexibility index (Phi) is 11.2. The van der Waals surface area contributed by atoms with Gasteiger partial charge in [-0.2, -0.15) is 10.2 Å². The van der Waals surface area contributed by atoms with Crippen molar-refractivity contribution in [2.75, 3.05) is 38.3 Å². The van der Waals surface area contributed by atoms with Crippen LogP contribution < -0.4 is 10.5 Å². The van der Waals surface area contributed by atoms with Crippen LogP contribution in [-0.2, 0) is 48.9 Å². The molecular formula is C42H57N7O4Si2. The van der Waals surface area contributed by atoms with E-state index in [9.17, 15) is 9.59 Å². The topological polar surface area (TPSA) is 99.7 Å². The van der Waals surface area contributed by atoms with Crippen LogP contribution in [0.15, 0.2) is 59.4 Å². The third-order valence-electron chi connectivity index (χ3n) is 10.9. The van der Waals surface area contributed by atoms with Crippen molar-refractivity contribution in [3.8, 4) is 11.3 Å². The van der Waals surface area contributed by atoms with E-state index in [2.05, 4.69) is 78.7 Å². The van der Waals surface area contributed by atoms with Crippen LogP contribution in [0.5, 0.6) is 0 Å². The molecule has 5 heterocycles. The van der Waals surface area contributed by atoms with Gasteiger partial charge in [-0.1, -0.05) is 69.6 Å². The summed E-state index contributed by atoms with van der Waals surface area (Å²) in [6, 6.07) is 20.4. The Labute approximate surface area is 326 Å². The molecule has 55 heavy (non-hydrogen) atoms. The summed E-state index contributed by atoms with van der Waals surface area (Å²) in [6.45, 7) is 20.9. The normalized spacial score (nSPS) is 15.2. The summed E-state index contributed by atoms with van der Waals surface area (Å²) in [5.74, 6) is -0.0321. The van der Waals surface area contributed by atoms with Crippen molar-refractivity contribution in [1.82, 2.24) is 29.0 Å². The van der Waals surface area contributed by atoms with Gasteiger partial charge in [-0.15, -0.1) is 0 Å². The molecule has 2 aliphatic rings. The highest BCUT2D eigenvalue weighted by Gasteiger charge is 2.33. The fourth-order valence-electron chi connectivity index (χ4n) is 7.63. The molecule has 7 rings (SSSR count). The first-order valence-electron chi connectivity index (χ1n) is 19.7. The van der Waals surface area contributed by atoms with E-state index in [4.69, 9.17) is 19.7 Å². The number of amides is 1. The zero-order chi connectivity index (χ0) is 39.1. The Morgan fingerprint density at radius 2 is 1.55 bits per heavy atom. The van der Waals surface area contributed by atoms with Gasteiger partial charge >= 0.3 is 0 Å². The highest BCUT2D eigenvalue weighted by Crippen LogP contribution is 2.36. The average molecular weight is 780 g/mol. The van der Waals surface area contributed by atoms with Crippen LogP contribution in [0.1, 0.15) is 38.6 Å². The second-order valence-electron chi connectivity index (χ2n) is 17.7. The SMILES string of the molecule is Cc1c(-c2cc(Cc3cc4n(n3)CCN(C)C4)c(=O)n(COCC[Si](C)(C)C)n2)cccc1N1CCc2c(n(COCC[Si](C)(C)C)c3ccccc23)C1=O. The quantitative estimate of drug-likeness (QED) is 0.0867. The lowest BCUT2D eigenvalue weighted by Crippen LogP contribution is -2.39. The standard InChI is InChI=1S/C42H57N7O4Si2/c1-30-34(37-25-31(24-32-26-33-27-45(2)18-19-48(33)43-32)41(50)49(44-37)29-53-21-23-55(6,7)8)13-11-15-38(30)46-17-16-36-35-12-9-10-14-39(35)47(40(36)42(46)51)28-52-20-22-54(3,4)5/h9-15,25-26H,16-24,27-29H2,1-8H3. The summed E-state index contributed by atoms with van der Waals surface area (Å²) in [7, 11) is -0.469. The van der Waals surface area contributed by atoms with E-state index in [0.29, 0.717) is 49.9 Å². The van der Waals surface area contributed by atoms with E-state index in [1.807, 2.05) is 48.2 Å². The van der Waals surface area contributed by atoms with Crippen molar-refractivity contribution in [3.63, 3.8) is 0 Å². The van der Waals surface area contributed by atoms with Crippen molar-refractivity contribution >= 4 is 38.6 Å². The largest absolute Gasteiger partial charge is 0.361 e. The molecule has 1 amide bonds. The molecule has 3 aromatic heterocycles. The number of benzene rings is 2. The minimum atomic E-state index is -1.32. The van der Waals surface area contributed by atoms with Crippen LogP contribution in [0.3, 0.4) is 0 Å². The smallest absolute Gasteiger partial charge is 0.275 e. The highest BCUT2D eigenvalue weighted by molar-refractivity contribution is 6.76. The number of rotatable bonds is 14. The average Bonchev–Trinajstić information content (AvgIpc) is 3.67. The lowest BCUT2D eigenvalue weighted by Gasteiger charge is -2.30. The number of hydrogen-bond acceptors (Lipinski definition) is 7. The summed E-state index contributed by atoms with van der Waals surface area (Å²) in [6.07, 6.45) is 1.13. The number of ether oxygens (including phenoxy) is 2. The number of nitrogens with zero attached hydrogens (tertiary/aromatic N) is 7. The van der Waals surface area contributed by atoms with Gasteiger partial charge in [0, 0.05) is 77.6 Å². The Hall–Kier alpha value is -4.15.